The van der Waals surface area contributed by atoms with Crippen molar-refractivity contribution >= 4 is 28.8 Å². The van der Waals surface area contributed by atoms with Crippen LogP contribution in [0.3, 0.4) is 0 Å². The lowest BCUT2D eigenvalue weighted by Gasteiger charge is -2.08. The Morgan fingerprint density at radius 2 is 2.12 bits per heavy atom. The van der Waals surface area contributed by atoms with Gasteiger partial charge in [-0.3, -0.25) is 4.79 Å². The minimum absolute atomic E-state index is 0.318. The molecule has 0 aliphatic heterocycles. The van der Waals surface area contributed by atoms with Gasteiger partial charge in [-0.15, -0.1) is 0 Å². The van der Waals surface area contributed by atoms with Crippen LogP contribution in [0.2, 0.25) is 0 Å². The monoisotopic (exact) mass is 357 g/mol. The smallest absolute Gasteiger partial charge is 0.320 e. The number of nitrogens with one attached hydrogen (secondary N) is 1. The molecule has 1 atom stereocenters. The molecule has 3 aromatic rings. The highest BCUT2D eigenvalue weighted by molar-refractivity contribution is 7.98. The zero-order valence-corrected chi connectivity index (χ0v) is 14.5. The highest BCUT2D eigenvalue weighted by atomic mass is 32.2. The highest BCUT2D eigenvalue weighted by Crippen LogP contribution is 2.25. The van der Waals surface area contributed by atoms with E-state index >= 15 is 0 Å². The number of ether oxygens (including phenoxy) is 1. The quantitative estimate of drug-likeness (QED) is 0.562. The van der Waals surface area contributed by atoms with Crippen molar-refractivity contribution in [3.63, 3.8) is 0 Å². The number of nitrogens with zero attached hydrogens (tertiary/aromatic N) is 1. The molecule has 130 valence electrons. The molecule has 1 aromatic heterocycles. The van der Waals surface area contributed by atoms with Crippen molar-refractivity contribution in [2.24, 2.45) is 5.73 Å². The molecule has 25 heavy (non-hydrogen) atoms. The first-order chi connectivity index (χ1) is 12.0. The zero-order valence-electron chi connectivity index (χ0n) is 13.7. The van der Waals surface area contributed by atoms with E-state index < -0.39 is 12.0 Å². The van der Waals surface area contributed by atoms with Gasteiger partial charge in [0.15, 0.2) is 5.16 Å². The average molecular weight is 357 g/mol. The Bertz CT molecular complexity index is 894. The molecule has 1 unspecified atom stereocenters. The number of thioether (sulfide) groups is 1. The zero-order chi connectivity index (χ0) is 17.8. The summed E-state index contributed by atoms with van der Waals surface area (Å²) in [6, 6.07) is 12.6. The minimum Gasteiger partial charge on any atom is -0.497 e. The lowest BCUT2D eigenvalue weighted by atomic mass is 10.0. The summed E-state index contributed by atoms with van der Waals surface area (Å²) in [6.07, 6.45) is 0.318. The number of methoxy groups -OCH3 is 1. The van der Waals surface area contributed by atoms with E-state index in [1.165, 1.54) is 0 Å². The maximum atomic E-state index is 10.9. The summed E-state index contributed by atoms with van der Waals surface area (Å²) >= 11 is 1.59. The van der Waals surface area contributed by atoms with Crippen molar-refractivity contribution in [3.05, 3.63) is 53.6 Å². The predicted molar refractivity (Wildman–Crippen MR) is 98.0 cm³/mol. The van der Waals surface area contributed by atoms with E-state index in [1.54, 1.807) is 18.9 Å². The molecule has 0 bridgehead atoms. The van der Waals surface area contributed by atoms with Crippen molar-refractivity contribution in [2.45, 2.75) is 23.4 Å². The second kappa shape index (κ2) is 7.58. The van der Waals surface area contributed by atoms with Crippen LogP contribution in [0.5, 0.6) is 5.75 Å². The summed E-state index contributed by atoms with van der Waals surface area (Å²) in [4.78, 5) is 18.7. The second-order valence-corrected chi connectivity index (χ2v) is 6.65. The van der Waals surface area contributed by atoms with Crippen LogP contribution in [0.25, 0.3) is 11.0 Å². The fraction of sp³-hybridized carbons (Fsp3) is 0.222. The summed E-state index contributed by atoms with van der Waals surface area (Å²) in [5.74, 6) is 0.528. The van der Waals surface area contributed by atoms with Crippen molar-refractivity contribution in [2.75, 3.05) is 7.11 Å². The Morgan fingerprint density at radius 3 is 2.88 bits per heavy atom. The number of carbonyl (C=O) groups is 1. The number of aliphatic carboxylic acids is 1. The van der Waals surface area contributed by atoms with E-state index in [9.17, 15) is 4.79 Å². The van der Waals surface area contributed by atoms with E-state index in [0.717, 1.165) is 38.8 Å². The number of imidazole rings is 1. The van der Waals surface area contributed by atoms with Crippen LogP contribution >= 0.6 is 11.8 Å². The number of carboxylic acid groups (broad SMARTS) is 1. The molecular formula is C18H19N3O3S. The molecule has 0 amide bonds. The molecule has 1 heterocycles. The molecule has 0 radical (unpaired) electrons. The maximum Gasteiger partial charge on any atom is 0.320 e. The van der Waals surface area contributed by atoms with Crippen molar-refractivity contribution in [1.29, 1.82) is 0 Å². The first-order valence-corrected chi connectivity index (χ1v) is 8.76. The molecule has 0 aliphatic carbocycles. The summed E-state index contributed by atoms with van der Waals surface area (Å²) in [6.45, 7) is 0. The standard InChI is InChI=1S/C18H19N3O3S/c1-24-13-5-6-15-16(9-13)21-18(20-15)25-10-12-4-2-3-11(7-12)8-14(19)17(22)23/h2-7,9,14H,8,10,19H2,1H3,(H,20,21)(H,22,23). The fourth-order valence-corrected chi connectivity index (χ4v) is 3.33. The largest absolute Gasteiger partial charge is 0.497 e. The molecule has 2 aromatic carbocycles. The van der Waals surface area contributed by atoms with Gasteiger partial charge < -0.3 is 20.6 Å². The number of aromatic nitrogens is 2. The summed E-state index contributed by atoms with van der Waals surface area (Å²) < 4.78 is 5.22. The third-order valence-corrected chi connectivity index (χ3v) is 4.75. The third kappa shape index (κ3) is 4.32. The average Bonchev–Trinajstić information content (AvgIpc) is 3.02. The van der Waals surface area contributed by atoms with Gasteiger partial charge in [0.05, 0.1) is 18.1 Å². The highest BCUT2D eigenvalue weighted by Gasteiger charge is 2.12. The van der Waals surface area contributed by atoms with Gasteiger partial charge in [0, 0.05) is 11.8 Å². The number of benzene rings is 2. The van der Waals surface area contributed by atoms with Crippen LogP contribution in [0.4, 0.5) is 0 Å². The molecule has 0 saturated carbocycles. The molecule has 0 spiro atoms. The molecule has 3 rings (SSSR count). The SMILES string of the molecule is COc1ccc2nc(SCc3cccc(CC(N)C(=O)O)c3)[nH]c2c1. The summed E-state index contributed by atoms with van der Waals surface area (Å²) in [7, 11) is 1.64. The van der Waals surface area contributed by atoms with Crippen LogP contribution in [0.15, 0.2) is 47.6 Å². The molecule has 0 aliphatic rings. The van der Waals surface area contributed by atoms with Crippen LogP contribution in [-0.2, 0) is 17.0 Å². The number of H-pyrrole nitrogens is 1. The van der Waals surface area contributed by atoms with Crippen molar-refractivity contribution in [1.82, 2.24) is 9.97 Å². The number of nitrogens with two attached hydrogens (primary N) is 1. The van der Waals surface area contributed by atoms with Gasteiger partial charge in [-0.25, -0.2) is 4.98 Å². The number of rotatable bonds is 7. The van der Waals surface area contributed by atoms with Gasteiger partial charge in [-0.05, 0) is 29.7 Å². The van der Waals surface area contributed by atoms with Crippen LogP contribution < -0.4 is 10.5 Å². The lowest BCUT2D eigenvalue weighted by molar-refractivity contribution is -0.138. The lowest BCUT2D eigenvalue weighted by Crippen LogP contribution is -2.32. The molecular weight excluding hydrogens is 338 g/mol. The van der Waals surface area contributed by atoms with Gasteiger partial charge in [-0.1, -0.05) is 36.0 Å². The number of fused-ring (bicyclic) bond motifs is 1. The van der Waals surface area contributed by atoms with E-state index in [2.05, 4.69) is 9.97 Å². The van der Waals surface area contributed by atoms with Gasteiger partial charge in [0.25, 0.3) is 0 Å². The molecule has 6 nitrogen and oxygen atoms in total. The van der Waals surface area contributed by atoms with Crippen LogP contribution in [-0.4, -0.2) is 34.2 Å². The van der Waals surface area contributed by atoms with E-state index in [-0.39, 0.29) is 0 Å². The molecule has 0 saturated heterocycles. The number of aromatic amines is 1. The Kier molecular flexibility index (Phi) is 5.25. The Balaban J connectivity index is 1.68. The van der Waals surface area contributed by atoms with Gasteiger partial charge in [-0.2, -0.15) is 0 Å². The van der Waals surface area contributed by atoms with Gasteiger partial charge >= 0.3 is 5.97 Å². The second-order valence-electron chi connectivity index (χ2n) is 5.68. The van der Waals surface area contributed by atoms with Crippen molar-refractivity contribution in [3.8, 4) is 5.75 Å². The van der Waals surface area contributed by atoms with E-state index in [0.29, 0.717) is 6.42 Å². The summed E-state index contributed by atoms with van der Waals surface area (Å²) in [5, 5.41) is 9.75. The van der Waals surface area contributed by atoms with Gasteiger partial charge in [0.1, 0.15) is 11.8 Å². The Morgan fingerprint density at radius 1 is 1.32 bits per heavy atom. The topological polar surface area (TPSA) is 101 Å². The van der Waals surface area contributed by atoms with Crippen LogP contribution in [0.1, 0.15) is 11.1 Å². The molecule has 7 heteroatoms. The van der Waals surface area contributed by atoms with E-state index in [4.69, 9.17) is 15.6 Å². The number of hydrogen-bond acceptors (Lipinski definition) is 5. The van der Waals surface area contributed by atoms with Gasteiger partial charge in [0.2, 0.25) is 0 Å². The molecule has 4 N–H and O–H groups in total. The number of carboxylic acids is 1. The first-order valence-electron chi connectivity index (χ1n) is 7.78. The number of hydrogen-bond donors (Lipinski definition) is 3. The predicted octanol–water partition coefficient (Wildman–Crippen LogP) is 2.82. The molecule has 0 fully saturated rings. The minimum atomic E-state index is -0.988. The maximum absolute atomic E-state index is 10.9. The first kappa shape index (κ1) is 17.3. The van der Waals surface area contributed by atoms with Crippen LogP contribution in [0, 0.1) is 0 Å². The third-order valence-electron chi connectivity index (χ3n) is 3.81. The summed E-state index contributed by atoms with van der Waals surface area (Å²) in [5.41, 5.74) is 9.44. The van der Waals surface area contributed by atoms with Crippen molar-refractivity contribution < 1.29 is 14.6 Å². The Hall–Kier alpha value is -2.51. The Labute approximate surface area is 149 Å². The fourth-order valence-electron chi connectivity index (χ4n) is 2.50. The van der Waals surface area contributed by atoms with E-state index in [1.807, 2.05) is 42.5 Å². The normalized spacial score (nSPS) is 12.2.